The van der Waals surface area contributed by atoms with Gasteiger partial charge in [0.1, 0.15) is 0 Å². The number of hydrogen-bond donors (Lipinski definition) is 1. The number of aryl methyl sites for hydroxylation is 1. The van der Waals surface area contributed by atoms with Gasteiger partial charge in [-0.15, -0.1) is 0 Å². The minimum atomic E-state index is -0.272. The molecule has 0 aliphatic rings. The van der Waals surface area contributed by atoms with E-state index in [0.717, 1.165) is 27.1 Å². The van der Waals surface area contributed by atoms with Crippen molar-refractivity contribution in [1.29, 1.82) is 0 Å². The fraction of sp³-hybridized carbons (Fsp3) is 0.100. The Morgan fingerprint density at radius 1 is 1.11 bits per heavy atom. The summed E-state index contributed by atoms with van der Waals surface area (Å²) in [5.41, 5.74) is 6.89. The molecule has 1 aromatic heterocycles. The average Bonchev–Trinajstić information content (AvgIpc) is 2.91. The molecule has 4 nitrogen and oxygen atoms in total. The monoisotopic (exact) mass is 463 g/mol. The van der Waals surface area contributed by atoms with Crippen LogP contribution in [0.3, 0.4) is 0 Å². The zero-order valence-electron chi connectivity index (χ0n) is 14.6. The Morgan fingerprint density at radius 2 is 1.89 bits per heavy atom. The molecule has 7 heteroatoms. The quantitative estimate of drug-likeness (QED) is 0.377. The van der Waals surface area contributed by atoms with Gasteiger partial charge in [-0.05, 0) is 56.3 Å². The lowest BCUT2D eigenvalue weighted by molar-refractivity contribution is 0.0955. The molecule has 0 spiro atoms. The smallest absolute Gasteiger partial charge is 0.271 e. The largest absolute Gasteiger partial charge is 0.318 e. The Morgan fingerprint density at radius 3 is 2.59 bits per heavy atom. The third-order valence-electron chi connectivity index (χ3n) is 4.09. The van der Waals surface area contributed by atoms with Crippen molar-refractivity contribution in [2.24, 2.45) is 5.10 Å². The van der Waals surface area contributed by atoms with Crippen molar-refractivity contribution < 1.29 is 4.79 Å². The second kappa shape index (κ2) is 8.30. The van der Waals surface area contributed by atoms with Crippen LogP contribution in [0.1, 0.15) is 27.3 Å². The highest BCUT2D eigenvalue weighted by Gasteiger charge is 2.11. The fourth-order valence-corrected chi connectivity index (χ4v) is 3.49. The molecule has 0 atom stereocenters. The van der Waals surface area contributed by atoms with Crippen LogP contribution in [0.2, 0.25) is 10.0 Å². The number of carbonyl (C=O) groups is 1. The average molecular weight is 465 g/mol. The van der Waals surface area contributed by atoms with Crippen molar-refractivity contribution in [1.82, 2.24) is 9.99 Å². The van der Waals surface area contributed by atoms with E-state index < -0.39 is 0 Å². The van der Waals surface area contributed by atoms with Gasteiger partial charge in [0.25, 0.3) is 5.91 Å². The second-order valence-corrected chi connectivity index (χ2v) is 7.70. The predicted molar refractivity (Wildman–Crippen MR) is 114 cm³/mol. The molecule has 0 aliphatic heterocycles. The molecule has 27 heavy (non-hydrogen) atoms. The molecule has 1 heterocycles. The van der Waals surface area contributed by atoms with E-state index in [2.05, 4.69) is 31.0 Å². The minimum absolute atomic E-state index is 0.272. The fourth-order valence-electron chi connectivity index (χ4n) is 2.79. The summed E-state index contributed by atoms with van der Waals surface area (Å²) in [7, 11) is 0. The maximum Gasteiger partial charge on any atom is 0.271 e. The summed E-state index contributed by atoms with van der Waals surface area (Å²) in [4.78, 5) is 12.2. The van der Waals surface area contributed by atoms with Gasteiger partial charge >= 0.3 is 0 Å². The Bertz CT molecular complexity index is 1040. The summed E-state index contributed by atoms with van der Waals surface area (Å²) in [6, 6.07) is 14.6. The van der Waals surface area contributed by atoms with Gasteiger partial charge in [-0.2, -0.15) is 5.10 Å². The molecule has 1 N–H and O–H groups in total. The number of hydrazone groups is 1. The van der Waals surface area contributed by atoms with Crippen LogP contribution >= 0.6 is 39.1 Å². The van der Waals surface area contributed by atoms with Crippen molar-refractivity contribution in [3.8, 4) is 5.69 Å². The van der Waals surface area contributed by atoms with Crippen LogP contribution in [-0.4, -0.2) is 16.7 Å². The molecule has 3 rings (SSSR count). The number of nitrogens with zero attached hydrogens (tertiary/aromatic N) is 2. The van der Waals surface area contributed by atoms with Gasteiger partial charge in [-0.25, -0.2) is 5.43 Å². The van der Waals surface area contributed by atoms with Crippen LogP contribution in [0.25, 0.3) is 5.69 Å². The van der Waals surface area contributed by atoms with Crippen LogP contribution in [0.5, 0.6) is 0 Å². The van der Waals surface area contributed by atoms with Gasteiger partial charge in [-0.1, -0.05) is 45.2 Å². The highest BCUT2D eigenvalue weighted by atomic mass is 79.9. The van der Waals surface area contributed by atoms with Crippen LogP contribution in [0.15, 0.2) is 58.1 Å². The van der Waals surface area contributed by atoms with E-state index >= 15 is 0 Å². The molecule has 3 aromatic rings. The van der Waals surface area contributed by atoms with E-state index in [9.17, 15) is 4.79 Å². The summed E-state index contributed by atoms with van der Waals surface area (Å²) in [6.07, 6.45) is 1.63. The molecule has 138 valence electrons. The topological polar surface area (TPSA) is 46.4 Å². The van der Waals surface area contributed by atoms with Crippen molar-refractivity contribution in [2.75, 3.05) is 0 Å². The first-order valence-corrected chi connectivity index (χ1v) is 9.65. The summed E-state index contributed by atoms with van der Waals surface area (Å²) >= 11 is 15.5. The standard InChI is InChI=1S/C20H16BrCl2N3O/c1-12-8-15(11-24-25-20(27)14-4-3-5-16(21)9-14)13(2)26(12)17-6-7-18(22)19(23)10-17/h3-11H,1-2H3,(H,25,27)/b24-11-. The lowest BCUT2D eigenvalue weighted by Gasteiger charge is -2.10. The first-order valence-electron chi connectivity index (χ1n) is 8.10. The lowest BCUT2D eigenvalue weighted by Crippen LogP contribution is -2.17. The van der Waals surface area contributed by atoms with Crippen molar-refractivity contribution in [3.63, 3.8) is 0 Å². The summed E-state index contributed by atoms with van der Waals surface area (Å²) in [6.45, 7) is 3.97. The van der Waals surface area contributed by atoms with Crippen molar-refractivity contribution in [2.45, 2.75) is 13.8 Å². The molecular weight excluding hydrogens is 449 g/mol. The maximum absolute atomic E-state index is 12.2. The summed E-state index contributed by atoms with van der Waals surface area (Å²) in [5.74, 6) is -0.272. The number of halogens is 3. The number of aromatic nitrogens is 1. The normalized spacial score (nSPS) is 11.1. The molecule has 1 amide bonds. The Balaban J connectivity index is 1.81. The third-order valence-corrected chi connectivity index (χ3v) is 5.32. The lowest BCUT2D eigenvalue weighted by atomic mass is 10.2. The molecular formula is C20H16BrCl2N3O. The highest BCUT2D eigenvalue weighted by molar-refractivity contribution is 9.10. The van der Waals surface area contributed by atoms with E-state index in [4.69, 9.17) is 23.2 Å². The molecule has 0 bridgehead atoms. The maximum atomic E-state index is 12.2. The number of amides is 1. The molecule has 0 radical (unpaired) electrons. The molecule has 2 aromatic carbocycles. The summed E-state index contributed by atoms with van der Waals surface area (Å²) in [5, 5.41) is 5.10. The van der Waals surface area contributed by atoms with Crippen molar-refractivity contribution >= 4 is 51.3 Å². The Kier molecular flexibility index (Phi) is 6.05. The van der Waals surface area contributed by atoms with E-state index in [0.29, 0.717) is 15.6 Å². The first kappa shape index (κ1) is 19.7. The first-order chi connectivity index (χ1) is 12.9. The van der Waals surface area contributed by atoms with Gasteiger partial charge in [0.2, 0.25) is 0 Å². The number of nitrogens with one attached hydrogen (secondary N) is 1. The number of benzene rings is 2. The van der Waals surface area contributed by atoms with Crippen LogP contribution in [-0.2, 0) is 0 Å². The molecule has 0 unspecified atom stereocenters. The molecule has 0 saturated carbocycles. The second-order valence-electron chi connectivity index (χ2n) is 5.97. The van der Waals surface area contributed by atoms with Crippen LogP contribution < -0.4 is 5.43 Å². The van der Waals surface area contributed by atoms with E-state index in [1.54, 1.807) is 30.5 Å². The van der Waals surface area contributed by atoms with E-state index in [-0.39, 0.29) is 5.91 Å². The zero-order chi connectivity index (χ0) is 19.6. The zero-order valence-corrected chi connectivity index (χ0v) is 17.7. The van der Waals surface area contributed by atoms with E-state index in [1.165, 1.54) is 0 Å². The number of hydrogen-bond acceptors (Lipinski definition) is 2. The van der Waals surface area contributed by atoms with Crippen LogP contribution in [0.4, 0.5) is 0 Å². The van der Waals surface area contributed by atoms with Gasteiger partial charge in [0.15, 0.2) is 0 Å². The predicted octanol–water partition coefficient (Wildman–Crippen LogP) is 5.93. The minimum Gasteiger partial charge on any atom is -0.318 e. The number of rotatable bonds is 4. The molecule has 0 saturated heterocycles. The number of carbonyl (C=O) groups excluding carboxylic acids is 1. The molecule has 0 fully saturated rings. The van der Waals surface area contributed by atoms with Gasteiger partial charge in [-0.3, -0.25) is 4.79 Å². The Labute approximate surface area is 175 Å². The van der Waals surface area contributed by atoms with Gasteiger partial charge in [0, 0.05) is 32.7 Å². The molecule has 0 aliphatic carbocycles. The van der Waals surface area contributed by atoms with Gasteiger partial charge in [0.05, 0.1) is 16.3 Å². The van der Waals surface area contributed by atoms with Crippen LogP contribution in [0, 0.1) is 13.8 Å². The SMILES string of the molecule is Cc1cc(/C=N\NC(=O)c2cccc(Br)c2)c(C)n1-c1ccc(Cl)c(Cl)c1. The van der Waals surface area contributed by atoms with E-state index in [1.807, 2.05) is 38.1 Å². The van der Waals surface area contributed by atoms with Crippen molar-refractivity contribution in [3.05, 3.63) is 85.6 Å². The third kappa shape index (κ3) is 4.43. The highest BCUT2D eigenvalue weighted by Crippen LogP contribution is 2.27. The summed E-state index contributed by atoms with van der Waals surface area (Å²) < 4.78 is 2.89. The van der Waals surface area contributed by atoms with Gasteiger partial charge < -0.3 is 4.57 Å². The Hall–Kier alpha value is -2.08.